The number of alkyl halides is 3. The lowest BCUT2D eigenvalue weighted by Crippen LogP contribution is -2.44. The van der Waals surface area contributed by atoms with Crippen LogP contribution in [0.3, 0.4) is 0 Å². The SMILES string of the molecule is O=C(NC1CCN(Cc2ccccc2)CC1)c1csc(CN(Cc2ccc(F)cc2)Cc2cccc(C(F)(F)F)c2)n1. The number of thiazole rings is 1. The van der Waals surface area contributed by atoms with E-state index in [1.165, 1.54) is 35.1 Å². The molecular formula is C32H32F4N4OS. The smallest absolute Gasteiger partial charge is 0.348 e. The summed E-state index contributed by atoms with van der Waals surface area (Å²) in [6, 6.07) is 21.7. The molecule has 1 N–H and O–H groups in total. The fourth-order valence-corrected chi connectivity index (χ4v) is 5.95. The first-order chi connectivity index (χ1) is 20.2. The van der Waals surface area contributed by atoms with E-state index in [0.29, 0.717) is 29.4 Å². The number of benzene rings is 3. The third kappa shape index (κ3) is 8.47. The highest BCUT2D eigenvalue weighted by molar-refractivity contribution is 7.09. The average Bonchev–Trinajstić information content (AvgIpc) is 3.44. The van der Waals surface area contributed by atoms with Crippen LogP contribution in [-0.2, 0) is 32.4 Å². The molecule has 220 valence electrons. The van der Waals surface area contributed by atoms with E-state index in [9.17, 15) is 22.4 Å². The Morgan fingerprint density at radius 3 is 2.31 bits per heavy atom. The normalized spacial score (nSPS) is 14.8. The van der Waals surface area contributed by atoms with Gasteiger partial charge in [0.2, 0.25) is 0 Å². The summed E-state index contributed by atoms with van der Waals surface area (Å²) in [5, 5.41) is 5.51. The van der Waals surface area contributed by atoms with Crippen molar-refractivity contribution in [3.8, 4) is 0 Å². The number of carbonyl (C=O) groups is 1. The molecule has 5 rings (SSSR count). The number of nitrogens with zero attached hydrogens (tertiary/aromatic N) is 3. The molecule has 0 spiro atoms. The molecule has 1 saturated heterocycles. The molecule has 0 aliphatic carbocycles. The van der Waals surface area contributed by atoms with Crippen molar-refractivity contribution >= 4 is 17.2 Å². The molecule has 0 bridgehead atoms. The van der Waals surface area contributed by atoms with E-state index in [-0.39, 0.29) is 24.3 Å². The van der Waals surface area contributed by atoms with Gasteiger partial charge in [-0.15, -0.1) is 11.3 Å². The number of rotatable bonds is 10. The average molecular weight is 597 g/mol. The van der Waals surface area contributed by atoms with E-state index in [1.54, 1.807) is 23.6 Å². The maximum absolute atomic E-state index is 13.5. The van der Waals surface area contributed by atoms with Gasteiger partial charge in [0, 0.05) is 44.1 Å². The van der Waals surface area contributed by atoms with Crippen LogP contribution in [0, 0.1) is 5.82 Å². The quantitative estimate of drug-likeness (QED) is 0.203. The van der Waals surface area contributed by atoms with Crippen LogP contribution in [0.15, 0.2) is 84.2 Å². The van der Waals surface area contributed by atoms with Crippen LogP contribution in [-0.4, -0.2) is 39.8 Å². The molecule has 0 unspecified atom stereocenters. The molecule has 5 nitrogen and oxygen atoms in total. The first kappa shape index (κ1) is 29.9. The molecule has 1 fully saturated rings. The number of hydrogen-bond donors (Lipinski definition) is 1. The molecular weight excluding hydrogens is 564 g/mol. The van der Waals surface area contributed by atoms with Crippen molar-refractivity contribution < 1.29 is 22.4 Å². The summed E-state index contributed by atoms with van der Waals surface area (Å²) in [6.07, 6.45) is -2.72. The van der Waals surface area contributed by atoms with E-state index in [0.717, 1.165) is 50.2 Å². The van der Waals surface area contributed by atoms with Crippen LogP contribution < -0.4 is 5.32 Å². The minimum Gasteiger partial charge on any atom is -0.348 e. The Hall–Kier alpha value is -3.60. The molecule has 10 heteroatoms. The monoisotopic (exact) mass is 596 g/mol. The second-order valence-corrected chi connectivity index (χ2v) is 11.5. The van der Waals surface area contributed by atoms with Gasteiger partial charge in [-0.2, -0.15) is 13.2 Å². The highest BCUT2D eigenvalue weighted by Gasteiger charge is 2.30. The minimum absolute atomic E-state index is 0.0746. The summed E-state index contributed by atoms with van der Waals surface area (Å²) in [6.45, 7) is 3.62. The third-order valence-electron chi connectivity index (χ3n) is 7.29. The van der Waals surface area contributed by atoms with Gasteiger partial charge < -0.3 is 5.32 Å². The van der Waals surface area contributed by atoms with Crippen LogP contribution in [0.4, 0.5) is 17.6 Å². The molecule has 0 saturated carbocycles. The van der Waals surface area contributed by atoms with Crippen molar-refractivity contribution in [2.45, 2.75) is 51.2 Å². The summed E-state index contributed by atoms with van der Waals surface area (Å²) < 4.78 is 53.3. The summed E-state index contributed by atoms with van der Waals surface area (Å²) in [7, 11) is 0. The Bertz CT molecular complexity index is 1450. The van der Waals surface area contributed by atoms with E-state index >= 15 is 0 Å². The number of hydrogen-bond acceptors (Lipinski definition) is 5. The molecule has 42 heavy (non-hydrogen) atoms. The summed E-state index contributed by atoms with van der Waals surface area (Å²) in [5.41, 5.74) is 2.22. The largest absolute Gasteiger partial charge is 0.416 e. The standard InChI is InChI=1S/C32H32F4N4OS/c33-27-11-9-24(10-12-27)19-40(20-25-7-4-8-26(17-25)32(34,35)36)21-30-38-29(22-42-30)31(41)37-28-13-15-39(16-14-28)18-23-5-2-1-3-6-23/h1-12,17,22,28H,13-16,18-21H2,(H,37,41). The van der Waals surface area contributed by atoms with Crippen molar-refractivity contribution in [2.24, 2.45) is 0 Å². The van der Waals surface area contributed by atoms with Gasteiger partial charge in [-0.1, -0.05) is 60.7 Å². The van der Waals surface area contributed by atoms with Crippen LogP contribution in [0.2, 0.25) is 0 Å². The molecule has 2 heterocycles. The predicted molar refractivity (Wildman–Crippen MR) is 155 cm³/mol. The zero-order chi connectivity index (χ0) is 29.5. The fourth-order valence-electron chi connectivity index (χ4n) is 5.14. The van der Waals surface area contributed by atoms with Crippen LogP contribution in [0.5, 0.6) is 0 Å². The Morgan fingerprint density at radius 1 is 0.905 bits per heavy atom. The zero-order valence-electron chi connectivity index (χ0n) is 23.0. The van der Waals surface area contributed by atoms with Crippen molar-refractivity contribution in [2.75, 3.05) is 13.1 Å². The van der Waals surface area contributed by atoms with Crippen LogP contribution in [0.25, 0.3) is 0 Å². The minimum atomic E-state index is -4.44. The van der Waals surface area contributed by atoms with Gasteiger partial charge in [-0.25, -0.2) is 9.37 Å². The van der Waals surface area contributed by atoms with Crippen molar-refractivity contribution in [3.05, 3.63) is 123 Å². The van der Waals surface area contributed by atoms with Gasteiger partial charge in [0.15, 0.2) is 0 Å². The Morgan fingerprint density at radius 2 is 1.60 bits per heavy atom. The Kier molecular flexibility index (Phi) is 9.66. The Labute approximate surface area is 246 Å². The zero-order valence-corrected chi connectivity index (χ0v) is 23.8. The van der Waals surface area contributed by atoms with E-state index in [4.69, 9.17) is 0 Å². The van der Waals surface area contributed by atoms with Gasteiger partial charge >= 0.3 is 6.18 Å². The van der Waals surface area contributed by atoms with Gasteiger partial charge in [0.05, 0.1) is 12.1 Å². The van der Waals surface area contributed by atoms with Gasteiger partial charge in [-0.05, 0) is 47.7 Å². The highest BCUT2D eigenvalue weighted by Crippen LogP contribution is 2.30. The van der Waals surface area contributed by atoms with E-state index in [1.807, 2.05) is 23.1 Å². The maximum atomic E-state index is 13.5. The van der Waals surface area contributed by atoms with Crippen molar-refractivity contribution in [1.29, 1.82) is 0 Å². The third-order valence-corrected chi connectivity index (χ3v) is 8.13. The molecule has 0 radical (unpaired) electrons. The van der Waals surface area contributed by atoms with E-state index in [2.05, 4.69) is 27.3 Å². The van der Waals surface area contributed by atoms with Crippen molar-refractivity contribution in [3.63, 3.8) is 0 Å². The van der Waals surface area contributed by atoms with E-state index < -0.39 is 11.7 Å². The molecule has 0 atom stereocenters. The maximum Gasteiger partial charge on any atom is 0.416 e. The number of piperidine rings is 1. The molecule has 4 aromatic rings. The number of halogens is 4. The first-order valence-corrected chi connectivity index (χ1v) is 14.7. The number of aromatic nitrogens is 1. The second-order valence-electron chi connectivity index (χ2n) is 10.6. The van der Waals surface area contributed by atoms with Crippen LogP contribution >= 0.6 is 11.3 Å². The van der Waals surface area contributed by atoms with Gasteiger partial charge in [-0.3, -0.25) is 14.6 Å². The number of likely N-dealkylation sites (tertiary alicyclic amines) is 1. The summed E-state index contributed by atoms with van der Waals surface area (Å²) >= 11 is 1.34. The highest BCUT2D eigenvalue weighted by atomic mass is 32.1. The summed E-state index contributed by atoms with van der Waals surface area (Å²) in [5.74, 6) is -0.581. The number of nitrogens with one attached hydrogen (secondary N) is 1. The van der Waals surface area contributed by atoms with Gasteiger partial charge in [0.1, 0.15) is 16.5 Å². The van der Waals surface area contributed by atoms with Crippen LogP contribution in [0.1, 0.15) is 50.6 Å². The molecule has 1 aliphatic rings. The predicted octanol–water partition coefficient (Wildman–Crippen LogP) is 6.90. The lowest BCUT2D eigenvalue weighted by Gasteiger charge is -2.32. The second kappa shape index (κ2) is 13.6. The fraction of sp³-hybridized carbons (Fsp3) is 0.312. The van der Waals surface area contributed by atoms with Gasteiger partial charge in [0.25, 0.3) is 5.91 Å². The molecule has 3 aromatic carbocycles. The lowest BCUT2D eigenvalue weighted by atomic mass is 10.0. The molecule has 1 aromatic heterocycles. The first-order valence-electron chi connectivity index (χ1n) is 13.9. The summed E-state index contributed by atoms with van der Waals surface area (Å²) in [4.78, 5) is 21.9. The number of amides is 1. The molecule has 1 amide bonds. The Balaban J connectivity index is 1.20. The number of carbonyl (C=O) groups excluding carboxylic acids is 1. The molecule has 1 aliphatic heterocycles. The van der Waals surface area contributed by atoms with Crippen molar-refractivity contribution in [1.82, 2.24) is 20.1 Å². The lowest BCUT2D eigenvalue weighted by molar-refractivity contribution is -0.137. The topological polar surface area (TPSA) is 48.5 Å².